The monoisotopic (exact) mass is 255 g/mol. The summed E-state index contributed by atoms with van der Waals surface area (Å²) in [4.78, 5) is 11.3. The van der Waals surface area contributed by atoms with Crippen molar-refractivity contribution in [2.45, 2.75) is 19.3 Å². The van der Waals surface area contributed by atoms with Crippen LogP contribution in [0.3, 0.4) is 0 Å². The second-order valence-corrected chi connectivity index (χ2v) is 4.43. The molecule has 0 bridgehead atoms. The molecular formula is C16H17NO2. The summed E-state index contributed by atoms with van der Waals surface area (Å²) in [6.45, 7) is 2.14. The number of nitrogens with one attached hydrogen (secondary N) is 1. The van der Waals surface area contributed by atoms with Gasteiger partial charge in [0.15, 0.2) is 0 Å². The third-order valence-corrected chi connectivity index (χ3v) is 3.29. The van der Waals surface area contributed by atoms with Crippen molar-refractivity contribution in [3.8, 4) is 0 Å². The number of benzene rings is 2. The highest BCUT2D eigenvalue weighted by molar-refractivity contribution is 5.93. The van der Waals surface area contributed by atoms with Crippen molar-refractivity contribution >= 4 is 5.91 Å². The Morgan fingerprint density at radius 3 is 2.16 bits per heavy atom. The van der Waals surface area contributed by atoms with Gasteiger partial charge in [-0.05, 0) is 29.7 Å². The highest BCUT2D eigenvalue weighted by Crippen LogP contribution is 2.27. The first-order chi connectivity index (χ1) is 9.26. The minimum Gasteiger partial charge on any atom is -0.288 e. The van der Waals surface area contributed by atoms with E-state index in [1.54, 1.807) is 17.6 Å². The molecule has 1 amide bonds. The summed E-state index contributed by atoms with van der Waals surface area (Å²) in [5.74, 6) is -0.160. The molecule has 2 N–H and O–H groups in total. The molecule has 19 heavy (non-hydrogen) atoms. The van der Waals surface area contributed by atoms with Gasteiger partial charge in [0, 0.05) is 11.5 Å². The molecule has 0 fully saturated rings. The predicted molar refractivity (Wildman–Crippen MR) is 74.3 cm³/mol. The van der Waals surface area contributed by atoms with E-state index in [0.717, 1.165) is 6.42 Å². The Labute approximate surface area is 112 Å². The lowest BCUT2D eigenvalue weighted by atomic mass is 9.89. The van der Waals surface area contributed by atoms with E-state index in [4.69, 9.17) is 5.21 Å². The van der Waals surface area contributed by atoms with Crippen molar-refractivity contribution in [3.05, 3.63) is 71.3 Å². The van der Waals surface area contributed by atoms with Gasteiger partial charge in [-0.15, -0.1) is 0 Å². The standard InChI is InChI=1S/C16H17NO2/c1-2-15(12-6-4-3-5-7-12)13-8-10-14(11-9-13)16(18)17-19/h3-11,15,19H,2H2,1H3,(H,17,18). The normalized spacial score (nSPS) is 11.9. The number of carbonyl (C=O) groups excluding carboxylic acids is 1. The molecule has 2 rings (SSSR count). The molecular weight excluding hydrogens is 238 g/mol. The Morgan fingerprint density at radius 1 is 1.05 bits per heavy atom. The van der Waals surface area contributed by atoms with Gasteiger partial charge in [0.05, 0.1) is 0 Å². The minimum absolute atomic E-state index is 0.326. The van der Waals surface area contributed by atoms with Gasteiger partial charge in [-0.25, -0.2) is 5.48 Å². The van der Waals surface area contributed by atoms with Gasteiger partial charge >= 0.3 is 0 Å². The van der Waals surface area contributed by atoms with Gasteiger partial charge in [0.2, 0.25) is 0 Å². The zero-order valence-corrected chi connectivity index (χ0v) is 10.8. The Balaban J connectivity index is 2.27. The van der Waals surface area contributed by atoms with Crippen molar-refractivity contribution in [1.29, 1.82) is 0 Å². The summed E-state index contributed by atoms with van der Waals surface area (Å²) >= 11 is 0. The van der Waals surface area contributed by atoms with Gasteiger partial charge in [-0.1, -0.05) is 49.4 Å². The van der Waals surface area contributed by atoms with Crippen molar-refractivity contribution in [1.82, 2.24) is 5.48 Å². The van der Waals surface area contributed by atoms with Gasteiger partial charge in [0.1, 0.15) is 0 Å². The molecule has 0 aromatic heterocycles. The van der Waals surface area contributed by atoms with Crippen LogP contribution in [0, 0.1) is 0 Å². The van der Waals surface area contributed by atoms with E-state index < -0.39 is 5.91 Å². The van der Waals surface area contributed by atoms with Crippen LogP contribution in [0.25, 0.3) is 0 Å². The van der Waals surface area contributed by atoms with Gasteiger partial charge in [-0.2, -0.15) is 0 Å². The summed E-state index contributed by atoms with van der Waals surface area (Å²) in [5, 5.41) is 8.59. The SMILES string of the molecule is CCC(c1ccccc1)c1ccc(C(=O)NO)cc1. The molecule has 2 aromatic carbocycles. The van der Waals surface area contributed by atoms with Crippen LogP contribution in [-0.2, 0) is 0 Å². The topological polar surface area (TPSA) is 49.3 Å². The number of hydroxylamine groups is 1. The summed E-state index contributed by atoms with van der Waals surface area (Å²) in [6.07, 6.45) is 0.996. The number of hydrogen-bond acceptors (Lipinski definition) is 2. The van der Waals surface area contributed by atoms with E-state index in [-0.39, 0.29) is 0 Å². The zero-order chi connectivity index (χ0) is 13.7. The second kappa shape index (κ2) is 6.16. The van der Waals surface area contributed by atoms with E-state index in [9.17, 15) is 4.79 Å². The fourth-order valence-electron chi connectivity index (χ4n) is 2.28. The van der Waals surface area contributed by atoms with Crippen molar-refractivity contribution in [2.75, 3.05) is 0 Å². The maximum atomic E-state index is 11.3. The molecule has 1 atom stereocenters. The number of rotatable bonds is 4. The third-order valence-electron chi connectivity index (χ3n) is 3.29. The maximum absolute atomic E-state index is 11.3. The molecule has 0 radical (unpaired) electrons. The van der Waals surface area contributed by atoms with Crippen LogP contribution in [0.4, 0.5) is 0 Å². The number of carbonyl (C=O) groups is 1. The smallest absolute Gasteiger partial charge is 0.274 e. The Morgan fingerprint density at radius 2 is 1.63 bits per heavy atom. The first-order valence-corrected chi connectivity index (χ1v) is 6.35. The summed E-state index contributed by atoms with van der Waals surface area (Å²) < 4.78 is 0. The van der Waals surface area contributed by atoms with Crippen LogP contribution < -0.4 is 5.48 Å². The zero-order valence-electron chi connectivity index (χ0n) is 10.8. The molecule has 3 heteroatoms. The highest BCUT2D eigenvalue weighted by atomic mass is 16.5. The van der Waals surface area contributed by atoms with E-state index in [1.807, 2.05) is 30.3 Å². The maximum Gasteiger partial charge on any atom is 0.274 e. The van der Waals surface area contributed by atoms with Gasteiger partial charge in [0.25, 0.3) is 5.91 Å². The molecule has 0 spiro atoms. The van der Waals surface area contributed by atoms with Crippen molar-refractivity contribution in [2.24, 2.45) is 0 Å². The first kappa shape index (κ1) is 13.3. The molecule has 0 heterocycles. The van der Waals surface area contributed by atoms with Crippen molar-refractivity contribution < 1.29 is 10.0 Å². The lowest BCUT2D eigenvalue weighted by Crippen LogP contribution is -2.18. The quantitative estimate of drug-likeness (QED) is 0.650. The fraction of sp³-hybridized carbons (Fsp3) is 0.188. The average Bonchev–Trinajstić information content (AvgIpc) is 2.49. The molecule has 1 unspecified atom stereocenters. The number of amides is 1. The molecule has 0 aliphatic heterocycles. The van der Waals surface area contributed by atoms with E-state index in [2.05, 4.69) is 19.1 Å². The molecule has 0 aliphatic carbocycles. The van der Waals surface area contributed by atoms with Gasteiger partial charge in [-0.3, -0.25) is 10.0 Å². The highest BCUT2D eigenvalue weighted by Gasteiger charge is 2.12. The van der Waals surface area contributed by atoms with Crippen LogP contribution in [0.15, 0.2) is 54.6 Å². The molecule has 3 nitrogen and oxygen atoms in total. The summed E-state index contributed by atoms with van der Waals surface area (Å²) in [6, 6.07) is 17.6. The van der Waals surface area contributed by atoms with Crippen LogP contribution in [0.1, 0.15) is 40.7 Å². The van der Waals surface area contributed by atoms with Crippen LogP contribution in [-0.4, -0.2) is 11.1 Å². The fourth-order valence-corrected chi connectivity index (χ4v) is 2.28. The first-order valence-electron chi connectivity index (χ1n) is 6.35. The van der Waals surface area contributed by atoms with Crippen LogP contribution in [0.2, 0.25) is 0 Å². The molecule has 2 aromatic rings. The lowest BCUT2D eigenvalue weighted by molar-refractivity contribution is 0.0706. The number of hydrogen-bond donors (Lipinski definition) is 2. The van der Waals surface area contributed by atoms with Gasteiger partial charge < -0.3 is 0 Å². The largest absolute Gasteiger partial charge is 0.288 e. The molecule has 98 valence electrons. The van der Waals surface area contributed by atoms with E-state index >= 15 is 0 Å². The molecule has 0 aliphatic rings. The Kier molecular flexibility index (Phi) is 4.31. The van der Waals surface area contributed by atoms with Crippen molar-refractivity contribution in [3.63, 3.8) is 0 Å². The predicted octanol–water partition coefficient (Wildman–Crippen LogP) is 3.35. The van der Waals surface area contributed by atoms with Crippen LogP contribution >= 0.6 is 0 Å². The lowest BCUT2D eigenvalue weighted by Gasteiger charge is -2.16. The third kappa shape index (κ3) is 3.01. The van der Waals surface area contributed by atoms with Crippen LogP contribution in [0.5, 0.6) is 0 Å². The second-order valence-electron chi connectivity index (χ2n) is 4.43. The Bertz CT molecular complexity index is 534. The summed E-state index contributed by atoms with van der Waals surface area (Å²) in [7, 11) is 0. The average molecular weight is 255 g/mol. The Hall–Kier alpha value is -2.13. The molecule has 0 saturated carbocycles. The van der Waals surface area contributed by atoms with E-state index in [1.165, 1.54) is 11.1 Å². The van der Waals surface area contributed by atoms with E-state index in [0.29, 0.717) is 11.5 Å². The summed E-state index contributed by atoms with van der Waals surface area (Å²) in [5.41, 5.74) is 4.53. The minimum atomic E-state index is -0.487. The molecule has 0 saturated heterocycles.